The number of anilines is 1. The highest BCUT2D eigenvalue weighted by Gasteiger charge is 2.23. The molecule has 1 N–H and O–H groups in total. The predicted molar refractivity (Wildman–Crippen MR) is 94.6 cm³/mol. The number of rotatable bonds is 4. The first-order valence-electron chi connectivity index (χ1n) is 6.72. The second-order valence-electron chi connectivity index (χ2n) is 4.89. The van der Waals surface area contributed by atoms with E-state index < -0.39 is 5.76 Å². The van der Waals surface area contributed by atoms with Gasteiger partial charge in [-0.3, -0.25) is 0 Å². The molecule has 0 aliphatic heterocycles. The van der Waals surface area contributed by atoms with E-state index in [4.69, 9.17) is 0 Å². The Morgan fingerprint density at radius 1 is 1.33 bits per heavy atom. The zero-order chi connectivity index (χ0) is 14.8. The molecule has 0 spiro atoms. The van der Waals surface area contributed by atoms with E-state index >= 15 is 0 Å². The van der Waals surface area contributed by atoms with Gasteiger partial charge in [0, 0.05) is 15.5 Å². The molecule has 1 aliphatic rings. The van der Waals surface area contributed by atoms with E-state index in [1.54, 1.807) is 12.1 Å². The molecule has 21 heavy (non-hydrogen) atoms. The maximum atomic E-state index is 12.7. The highest BCUT2D eigenvalue weighted by molar-refractivity contribution is 14.1. The van der Waals surface area contributed by atoms with E-state index in [-0.39, 0.29) is 6.04 Å². The van der Waals surface area contributed by atoms with Gasteiger partial charge in [0.15, 0.2) is 0 Å². The van der Waals surface area contributed by atoms with Crippen LogP contribution < -0.4 is 5.32 Å². The highest BCUT2D eigenvalue weighted by Crippen LogP contribution is 2.40. The largest absolute Gasteiger partial charge is 0.377 e. The molecule has 112 valence electrons. The van der Waals surface area contributed by atoms with Crippen LogP contribution in [0.1, 0.15) is 29.3 Å². The van der Waals surface area contributed by atoms with Gasteiger partial charge in [-0.1, -0.05) is 23.9 Å². The summed E-state index contributed by atoms with van der Waals surface area (Å²) in [5.74, 6) is -2.39. The van der Waals surface area contributed by atoms with Crippen molar-refractivity contribution in [3.63, 3.8) is 0 Å². The van der Waals surface area contributed by atoms with Crippen LogP contribution in [0, 0.1) is 2.88 Å². The van der Waals surface area contributed by atoms with Crippen LogP contribution in [0.5, 0.6) is 0 Å². The first-order chi connectivity index (χ1) is 10.1. The lowest BCUT2D eigenvalue weighted by molar-refractivity contribution is 0.252. The van der Waals surface area contributed by atoms with E-state index in [9.17, 15) is 8.78 Å². The van der Waals surface area contributed by atoms with Gasteiger partial charge in [0.1, 0.15) is 0 Å². The molecule has 0 saturated heterocycles. The molecular formula is C15H14F2INS2. The summed E-state index contributed by atoms with van der Waals surface area (Å²) in [5, 5.41) is 3.47. The molecule has 0 bridgehead atoms. The van der Waals surface area contributed by atoms with Crippen LogP contribution in [-0.4, -0.2) is 5.76 Å². The van der Waals surface area contributed by atoms with Crippen molar-refractivity contribution in [2.75, 3.05) is 5.32 Å². The van der Waals surface area contributed by atoms with Crippen molar-refractivity contribution >= 4 is 51.4 Å². The Morgan fingerprint density at radius 2 is 2.14 bits per heavy atom. The van der Waals surface area contributed by atoms with Crippen LogP contribution in [0.2, 0.25) is 0 Å². The van der Waals surface area contributed by atoms with Gasteiger partial charge in [0.05, 0.1) is 8.93 Å². The summed E-state index contributed by atoms with van der Waals surface area (Å²) in [7, 11) is 0. The number of thiophene rings is 1. The first-order valence-corrected chi connectivity index (χ1v) is 9.49. The topological polar surface area (TPSA) is 12.0 Å². The number of alkyl halides is 2. The molecule has 6 heteroatoms. The normalized spacial score (nSPS) is 17.8. The molecule has 0 fully saturated rings. The van der Waals surface area contributed by atoms with Gasteiger partial charge in [-0.05, 0) is 65.6 Å². The fraction of sp³-hybridized carbons (Fsp3) is 0.333. The maximum absolute atomic E-state index is 12.7. The summed E-state index contributed by atoms with van der Waals surface area (Å²) in [4.78, 5) is 2.05. The molecule has 0 saturated carbocycles. The Hall–Kier alpha value is -0.340. The number of para-hydroxylation sites is 1. The van der Waals surface area contributed by atoms with Crippen molar-refractivity contribution in [1.29, 1.82) is 0 Å². The molecule has 1 unspecified atom stereocenters. The second kappa shape index (κ2) is 6.83. The summed E-state index contributed by atoms with van der Waals surface area (Å²) >= 11 is 4.80. The minimum absolute atomic E-state index is 0.230. The van der Waals surface area contributed by atoms with Crippen molar-refractivity contribution in [3.05, 3.63) is 43.7 Å². The molecule has 1 aromatic heterocycles. The van der Waals surface area contributed by atoms with Gasteiger partial charge in [-0.2, -0.15) is 8.78 Å². The van der Waals surface area contributed by atoms with Crippen molar-refractivity contribution in [2.45, 2.75) is 36.0 Å². The van der Waals surface area contributed by atoms with Crippen LogP contribution in [0.25, 0.3) is 0 Å². The third-order valence-electron chi connectivity index (χ3n) is 3.52. The van der Waals surface area contributed by atoms with Crippen LogP contribution in [0.15, 0.2) is 35.2 Å². The number of fused-ring (bicyclic) bond motifs is 1. The van der Waals surface area contributed by atoms with Gasteiger partial charge in [-0.15, -0.1) is 11.3 Å². The summed E-state index contributed by atoms with van der Waals surface area (Å²) in [6.07, 6.45) is 3.33. The highest BCUT2D eigenvalue weighted by atomic mass is 127. The van der Waals surface area contributed by atoms with E-state index in [2.05, 4.69) is 34.0 Å². The third-order valence-corrected chi connectivity index (χ3v) is 6.28. The van der Waals surface area contributed by atoms with Gasteiger partial charge < -0.3 is 5.32 Å². The zero-order valence-corrected chi connectivity index (χ0v) is 14.9. The Morgan fingerprint density at radius 3 is 2.95 bits per heavy atom. The summed E-state index contributed by atoms with van der Waals surface area (Å²) in [5.41, 5.74) is 2.15. The minimum Gasteiger partial charge on any atom is -0.377 e. The standard InChI is InChI=1S/C15H14F2INS2/c16-15(17)21-13-6-2-1-4-11(13)19-10-5-3-7-12-9(10)8-14(18)20-12/h1-2,4,6,8,10,15,19H,3,5,7H2. The van der Waals surface area contributed by atoms with Crippen LogP contribution >= 0.6 is 45.7 Å². The van der Waals surface area contributed by atoms with Gasteiger partial charge in [-0.25, -0.2) is 0 Å². The summed E-state index contributed by atoms with van der Waals surface area (Å²) in [6, 6.07) is 9.78. The lowest BCUT2D eigenvalue weighted by Crippen LogP contribution is -2.16. The maximum Gasteiger partial charge on any atom is 0.288 e. The number of halogens is 3. The van der Waals surface area contributed by atoms with Crippen molar-refractivity contribution in [3.8, 4) is 0 Å². The quantitative estimate of drug-likeness (QED) is 0.455. The molecule has 1 atom stereocenters. The second-order valence-corrected chi connectivity index (χ2v) is 8.96. The average molecular weight is 437 g/mol. The third kappa shape index (κ3) is 3.71. The fourth-order valence-corrected chi connectivity index (χ4v) is 5.37. The number of hydrogen-bond acceptors (Lipinski definition) is 3. The Kier molecular flexibility index (Phi) is 5.06. The number of benzene rings is 1. The summed E-state index contributed by atoms with van der Waals surface area (Å²) < 4.78 is 26.6. The minimum atomic E-state index is -2.39. The smallest absolute Gasteiger partial charge is 0.288 e. The molecule has 1 heterocycles. The number of hydrogen-bond donors (Lipinski definition) is 1. The Labute approximate surface area is 144 Å². The molecular weight excluding hydrogens is 423 g/mol. The van der Waals surface area contributed by atoms with Gasteiger partial charge >= 0.3 is 0 Å². The molecule has 0 radical (unpaired) electrons. The average Bonchev–Trinajstić information content (AvgIpc) is 2.82. The molecule has 1 aromatic carbocycles. The number of aryl methyl sites for hydroxylation is 1. The Bertz CT molecular complexity index is 630. The summed E-state index contributed by atoms with van der Waals surface area (Å²) in [6.45, 7) is 0. The van der Waals surface area contributed by atoms with Crippen LogP contribution in [0.4, 0.5) is 14.5 Å². The van der Waals surface area contributed by atoms with Crippen molar-refractivity contribution < 1.29 is 8.78 Å². The lowest BCUT2D eigenvalue weighted by atomic mass is 9.94. The first kappa shape index (κ1) is 15.6. The van der Waals surface area contributed by atoms with Crippen molar-refractivity contribution in [2.24, 2.45) is 0 Å². The van der Waals surface area contributed by atoms with E-state index in [0.29, 0.717) is 16.7 Å². The Balaban J connectivity index is 1.84. The predicted octanol–water partition coefficient (Wildman–Crippen LogP) is 6.16. The number of thioether (sulfide) groups is 1. The monoisotopic (exact) mass is 437 g/mol. The molecule has 1 aliphatic carbocycles. The zero-order valence-electron chi connectivity index (χ0n) is 11.1. The molecule has 1 nitrogen and oxygen atoms in total. The van der Waals surface area contributed by atoms with E-state index in [1.807, 2.05) is 23.5 Å². The van der Waals surface area contributed by atoms with Gasteiger partial charge in [0.2, 0.25) is 0 Å². The van der Waals surface area contributed by atoms with E-state index in [0.717, 1.165) is 24.9 Å². The van der Waals surface area contributed by atoms with Gasteiger partial charge in [0.25, 0.3) is 5.76 Å². The lowest BCUT2D eigenvalue weighted by Gasteiger charge is -2.25. The SMILES string of the molecule is FC(F)Sc1ccccc1NC1CCCc2sc(I)cc21. The van der Waals surface area contributed by atoms with Crippen molar-refractivity contribution in [1.82, 2.24) is 0 Å². The van der Waals surface area contributed by atoms with E-state index in [1.165, 1.54) is 13.3 Å². The fourth-order valence-electron chi connectivity index (χ4n) is 2.64. The molecule has 0 amide bonds. The number of nitrogens with one attached hydrogen (secondary N) is 1. The molecule has 3 rings (SSSR count). The van der Waals surface area contributed by atoms with Crippen LogP contribution in [0.3, 0.4) is 0 Å². The van der Waals surface area contributed by atoms with Crippen LogP contribution in [-0.2, 0) is 6.42 Å². The molecule has 2 aromatic rings.